The number of benzene rings is 3. The minimum absolute atomic E-state index is 0.00948. The average molecular weight is 454 g/mol. The van der Waals surface area contributed by atoms with E-state index in [1.54, 1.807) is 6.92 Å². The molecule has 2 heterocycles. The van der Waals surface area contributed by atoms with Crippen LogP contribution in [0.5, 0.6) is 5.75 Å². The fourth-order valence-corrected chi connectivity index (χ4v) is 5.11. The van der Waals surface area contributed by atoms with Crippen LogP contribution in [0.3, 0.4) is 0 Å². The van der Waals surface area contributed by atoms with E-state index in [1.807, 2.05) is 33.0 Å². The summed E-state index contributed by atoms with van der Waals surface area (Å²) in [7, 11) is 0. The van der Waals surface area contributed by atoms with Crippen molar-refractivity contribution in [1.29, 1.82) is 0 Å². The molecule has 0 bridgehead atoms. The molecule has 1 aliphatic rings. The van der Waals surface area contributed by atoms with Gasteiger partial charge in [0.15, 0.2) is 5.78 Å². The average Bonchev–Trinajstić information content (AvgIpc) is 2.77. The summed E-state index contributed by atoms with van der Waals surface area (Å²) in [6, 6.07) is 14.9. The number of hydrogen-bond acceptors (Lipinski definition) is 4. The maximum atomic E-state index is 13.0. The van der Waals surface area contributed by atoms with Crippen LogP contribution in [0.25, 0.3) is 32.8 Å². The molecule has 174 valence electrons. The summed E-state index contributed by atoms with van der Waals surface area (Å²) in [5, 5.41) is 3.30. The molecule has 0 aliphatic carbocycles. The van der Waals surface area contributed by atoms with Gasteiger partial charge in [-0.05, 0) is 92.8 Å². The van der Waals surface area contributed by atoms with Crippen molar-refractivity contribution in [2.24, 2.45) is 0 Å². The Morgan fingerprint density at radius 2 is 1.88 bits per heavy atom. The van der Waals surface area contributed by atoms with Crippen LogP contribution in [0.4, 0.5) is 0 Å². The van der Waals surface area contributed by atoms with Crippen LogP contribution >= 0.6 is 0 Å². The normalized spacial score (nSPS) is 14.3. The summed E-state index contributed by atoms with van der Waals surface area (Å²) in [4.78, 5) is 17.8. The third-order valence-corrected chi connectivity index (χ3v) is 6.48. The molecule has 0 fully saturated rings. The highest BCUT2D eigenvalue weighted by molar-refractivity contribution is 6.09. The van der Waals surface area contributed by atoms with Gasteiger partial charge >= 0.3 is 0 Å². The number of ketones is 1. The third-order valence-electron chi connectivity index (χ3n) is 6.48. The van der Waals surface area contributed by atoms with Crippen LogP contribution in [0, 0.1) is 13.8 Å². The van der Waals surface area contributed by atoms with Gasteiger partial charge in [-0.2, -0.15) is 0 Å². The summed E-state index contributed by atoms with van der Waals surface area (Å²) < 4.78 is 12.4. The quantitative estimate of drug-likeness (QED) is 0.332. The van der Waals surface area contributed by atoms with Gasteiger partial charge in [-0.1, -0.05) is 29.8 Å². The largest absolute Gasteiger partial charge is 0.493 e. The van der Waals surface area contributed by atoms with Crippen molar-refractivity contribution in [3.05, 3.63) is 70.9 Å². The van der Waals surface area contributed by atoms with E-state index in [4.69, 9.17) is 14.5 Å². The van der Waals surface area contributed by atoms with Crippen molar-refractivity contribution in [3.8, 4) is 16.9 Å². The van der Waals surface area contributed by atoms with E-state index < -0.39 is 11.7 Å². The molecule has 0 N–H and O–H groups in total. The lowest BCUT2D eigenvalue weighted by molar-refractivity contribution is -0.138. The van der Waals surface area contributed by atoms with Gasteiger partial charge in [0.05, 0.1) is 17.7 Å². The molecule has 5 rings (SSSR count). The van der Waals surface area contributed by atoms with E-state index in [9.17, 15) is 4.79 Å². The maximum Gasteiger partial charge on any atom is 0.163 e. The Hall–Kier alpha value is -3.24. The molecule has 1 aromatic heterocycles. The van der Waals surface area contributed by atoms with Crippen molar-refractivity contribution < 1.29 is 14.3 Å². The maximum absolute atomic E-state index is 13.0. The SMILES string of the molecule is CC(=O)[C@@H](OC(C)(C)C)c1c(C)cc2cc(C)ccc2c1-c1ccc2c3c(ccnc13)CCO2. The first-order chi connectivity index (χ1) is 16.1. The monoisotopic (exact) mass is 453 g/mol. The summed E-state index contributed by atoms with van der Waals surface area (Å²) in [6.07, 6.45) is 2.06. The summed E-state index contributed by atoms with van der Waals surface area (Å²) in [6.45, 7) is 12.4. The van der Waals surface area contributed by atoms with Crippen LogP contribution in [0.15, 0.2) is 48.7 Å². The predicted molar refractivity (Wildman–Crippen MR) is 138 cm³/mol. The molecule has 0 radical (unpaired) electrons. The van der Waals surface area contributed by atoms with Gasteiger partial charge in [-0.15, -0.1) is 0 Å². The number of nitrogens with zero attached hydrogens (tertiary/aromatic N) is 1. The number of Topliss-reactive ketones (excluding diaryl/α,β-unsaturated/α-hetero) is 1. The highest BCUT2D eigenvalue weighted by atomic mass is 16.5. The molecule has 0 amide bonds. The molecule has 0 saturated carbocycles. The van der Waals surface area contributed by atoms with Crippen LogP contribution in [0.2, 0.25) is 0 Å². The first kappa shape index (κ1) is 22.5. The molecule has 0 spiro atoms. The standard InChI is InChI=1S/C30H31NO3/c1-17-7-8-22-21(15-17)16-18(2)25(29(19(3)32)34-30(4,5)6)27(22)23-9-10-24-26-20(12-14-33-24)11-13-31-28(23)26/h7-11,13,15-16,29H,12,14H2,1-6H3/t29-/m1/s1. The van der Waals surface area contributed by atoms with E-state index in [-0.39, 0.29) is 5.78 Å². The minimum Gasteiger partial charge on any atom is -0.493 e. The molecular formula is C30H31NO3. The molecule has 1 atom stereocenters. The number of aryl methyl sites for hydroxylation is 2. The Bertz CT molecular complexity index is 1440. The van der Waals surface area contributed by atoms with Gasteiger partial charge in [-0.25, -0.2) is 0 Å². The smallest absolute Gasteiger partial charge is 0.163 e. The van der Waals surface area contributed by atoms with E-state index >= 15 is 0 Å². The van der Waals surface area contributed by atoms with Gasteiger partial charge in [0.25, 0.3) is 0 Å². The molecule has 0 saturated heterocycles. The lowest BCUT2D eigenvalue weighted by atomic mass is 9.84. The summed E-state index contributed by atoms with van der Waals surface area (Å²) in [5.41, 5.74) is 6.84. The number of ether oxygens (including phenoxy) is 2. The Balaban J connectivity index is 1.91. The third kappa shape index (κ3) is 3.86. The van der Waals surface area contributed by atoms with Gasteiger partial charge in [0.2, 0.25) is 0 Å². The molecule has 4 aromatic rings. The van der Waals surface area contributed by atoms with E-state index in [0.717, 1.165) is 56.1 Å². The zero-order valence-electron chi connectivity index (χ0n) is 20.8. The van der Waals surface area contributed by atoms with Gasteiger partial charge in [0.1, 0.15) is 11.9 Å². The zero-order chi connectivity index (χ0) is 24.2. The lowest BCUT2D eigenvalue weighted by Crippen LogP contribution is -2.27. The van der Waals surface area contributed by atoms with Crippen molar-refractivity contribution in [2.75, 3.05) is 6.61 Å². The fraction of sp³-hybridized carbons (Fsp3) is 0.333. The van der Waals surface area contributed by atoms with Gasteiger partial charge in [0, 0.05) is 23.6 Å². The lowest BCUT2D eigenvalue weighted by Gasteiger charge is -2.30. The van der Waals surface area contributed by atoms with Crippen LogP contribution in [-0.4, -0.2) is 23.0 Å². The molecule has 34 heavy (non-hydrogen) atoms. The molecule has 4 nitrogen and oxygen atoms in total. The second-order valence-electron chi connectivity index (χ2n) is 10.3. The molecule has 3 aromatic carbocycles. The second-order valence-corrected chi connectivity index (χ2v) is 10.3. The first-order valence-corrected chi connectivity index (χ1v) is 11.9. The number of hydrogen-bond donors (Lipinski definition) is 0. The predicted octanol–water partition coefficient (Wildman–Crippen LogP) is 7.05. The highest BCUT2D eigenvalue weighted by Crippen LogP contribution is 2.45. The first-order valence-electron chi connectivity index (χ1n) is 11.9. The van der Waals surface area contributed by atoms with Gasteiger partial charge in [-0.3, -0.25) is 9.78 Å². The number of pyridine rings is 1. The van der Waals surface area contributed by atoms with Crippen molar-refractivity contribution in [1.82, 2.24) is 4.98 Å². The summed E-state index contributed by atoms with van der Waals surface area (Å²) >= 11 is 0. The Labute approximate surface area is 200 Å². The summed E-state index contributed by atoms with van der Waals surface area (Å²) in [5.74, 6) is 0.862. The number of aromatic nitrogens is 1. The van der Waals surface area contributed by atoms with Crippen molar-refractivity contribution >= 4 is 27.5 Å². The Morgan fingerprint density at radius 1 is 1.09 bits per heavy atom. The van der Waals surface area contributed by atoms with Crippen LogP contribution in [-0.2, 0) is 16.0 Å². The highest BCUT2D eigenvalue weighted by Gasteiger charge is 2.30. The van der Waals surface area contributed by atoms with E-state index in [1.165, 1.54) is 11.1 Å². The minimum atomic E-state index is -0.678. The van der Waals surface area contributed by atoms with E-state index in [2.05, 4.69) is 50.2 Å². The Kier molecular flexibility index (Phi) is 5.44. The molecule has 1 aliphatic heterocycles. The topological polar surface area (TPSA) is 48.4 Å². The van der Waals surface area contributed by atoms with Crippen LogP contribution in [0.1, 0.15) is 56.1 Å². The molecular weight excluding hydrogens is 422 g/mol. The zero-order valence-corrected chi connectivity index (χ0v) is 20.8. The van der Waals surface area contributed by atoms with Gasteiger partial charge < -0.3 is 9.47 Å². The van der Waals surface area contributed by atoms with E-state index in [0.29, 0.717) is 6.61 Å². The Morgan fingerprint density at radius 3 is 2.62 bits per heavy atom. The van der Waals surface area contributed by atoms with Crippen molar-refractivity contribution in [2.45, 2.75) is 59.7 Å². The number of carbonyl (C=O) groups excluding carboxylic acids is 1. The van der Waals surface area contributed by atoms with Crippen molar-refractivity contribution in [3.63, 3.8) is 0 Å². The number of rotatable bonds is 4. The number of carbonyl (C=O) groups is 1. The second kappa shape index (κ2) is 8.21. The number of fused-ring (bicyclic) bond motifs is 1. The fourth-order valence-electron chi connectivity index (χ4n) is 5.11. The van der Waals surface area contributed by atoms with Crippen LogP contribution < -0.4 is 4.74 Å². The molecule has 4 heteroatoms. The molecule has 0 unspecified atom stereocenters.